The van der Waals surface area contributed by atoms with Crippen molar-refractivity contribution in [2.45, 2.75) is 6.92 Å². The molecule has 0 fully saturated rings. The van der Waals surface area contributed by atoms with Crippen LogP contribution in [0.25, 0.3) is 0 Å². The van der Waals surface area contributed by atoms with E-state index < -0.39 is 22.5 Å². The van der Waals surface area contributed by atoms with Crippen molar-refractivity contribution >= 4 is 23.2 Å². The van der Waals surface area contributed by atoms with Gasteiger partial charge < -0.3 is 10.1 Å². The van der Waals surface area contributed by atoms with Gasteiger partial charge in [-0.2, -0.15) is 0 Å². The van der Waals surface area contributed by atoms with E-state index in [0.717, 1.165) is 12.1 Å². The summed E-state index contributed by atoms with van der Waals surface area (Å²) in [5, 5.41) is 15.7. The molecule has 1 aromatic carbocycles. The van der Waals surface area contributed by atoms with Crippen LogP contribution in [-0.4, -0.2) is 24.2 Å². The average Bonchev–Trinajstić information content (AvgIpc) is 2.39. The highest BCUT2D eigenvalue weighted by Gasteiger charge is 2.19. The van der Waals surface area contributed by atoms with Crippen LogP contribution < -0.4 is 10.6 Å². The van der Waals surface area contributed by atoms with Crippen LogP contribution >= 0.6 is 0 Å². The molecular weight excluding hydrogens is 269 g/mol. The number of ether oxygens (including phenoxy) is 1. The van der Waals surface area contributed by atoms with Gasteiger partial charge in [-0.15, -0.1) is 6.58 Å². The van der Waals surface area contributed by atoms with E-state index in [2.05, 4.69) is 21.9 Å². The summed E-state index contributed by atoms with van der Waals surface area (Å²) >= 11 is 0. The van der Waals surface area contributed by atoms with Crippen molar-refractivity contribution in [3.05, 3.63) is 40.7 Å². The van der Waals surface area contributed by atoms with Crippen molar-refractivity contribution in [1.82, 2.24) is 0 Å². The molecule has 0 spiro atoms. The minimum absolute atomic E-state index is 0.0723. The van der Waals surface area contributed by atoms with Gasteiger partial charge in [0.1, 0.15) is 5.69 Å². The average molecular weight is 283 g/mol. The normalized spacial score (nSPS) is 9.70. The van der Waals surface area contributed by atoms with E-state index in [1.54, 1.807) is 6.92 Å². The van der Waals surface area contributed by atoms with E-state index >= 15 is 0 Å². The fourth-order valence-corrected chi connectivity index (χ4v) is 1.41. The Balaban J connectivity index is 3.10. The van der Waals surface area contributed by atoms with E-state index in [9.17, 15) is 19.3 Å². The van der Waals surface area contributed by atoms with Gasteiger partial charge in [0.25, 0.3) is 5.69 Å². The first kappa shape index (κ1) is 15.4. The summed E-state index contributed by atoms with van der Waals surface area (Å²) in [6, 6.07) is 1.86. The molecule has 0 heterocycles. The van der Waals surface area contributed by atoms with Crippen LogP contribution in [0.15, 0.2) is 24.8 Å². The molecule has 8 heteroatoms. The first-order chi connectivity index (χ1) is 9.49. The quantitative estimate of drug-likeness (QED) is 0.475. The maximum absolute atomic E-state index is 13.7. The number of nitro benzene ring substituents is 1. The number of nitrogens with zero attached hydrogens (tertiary/aromatic N) is 1. The number of halogens is 1. The molecular formula is C12H14FN3O4. The molecule has 1 aromatic rings. The van der Waals surface area contributed by atoms with E-state index in [0.29, 0.717) is 0 Å². The van der Waals surface area contributed by atoms with E-state index in [4.69, 9.17) is 0 Å². The third-order valence-corrected chi connectivity index (χ3v) is 2.23. The first-order valence-corrected chi connectivity index (χ1v) is 5.76. The van der Waals surface area contributed by atoms with Crippen molar-refractivity contribution < 1.29 is 18.8 Å². The third kappa shape index (κ3) is 3.94. The second kappa shape index (κ2) is 7.07. The van der Waals surface area contributed by atoms with Crippen LogP contribution in [0.5, 0.6) is 0 Å². The number of hydrogen-bond acceptors (Lipinski definition) is 5. The molecule has 1 rings (SSSR count). The second-order valence-electron chi connectivity index (χ2n) is 3.62. The molecule has 108 valence electrons. The molecule has 0 aliphatic heterocycles. The summed E-state index contributed by atoms with van der Waals surface area (Å²) in [5.41, 5.74) is -0.567. The smallest absolute Gasteiger partial charge is 0.411 e. The van der Waals surface area contributed by atoms with Crippen molar-refractivity contribution in [3.63, 3.8) is 0 Å². The zero-order chi connectivity index (χ0) is 15.1. The number of carbonyl (C=O) groups excluding carboxylic acids is 1. The van der Waals surface area contributed by atoms with Crippen molar-refractivity contribution in [2.24, 2.45) is 0 Å². The Morgan fingerprint density at radius 2 is 2.25 bits per heavy atom. The zero-order valence-corrected chi connectivity index (χ0v) is 10.8. The third-order valence-electron chi connectivity index (χ3n) is 2.23. The van der Waals surface area contributed by atoms with E-state index in [1.165, 1.54) is 6.08 Å². The van der Waals surface area contributed by atoms with Gasteiger partial charge in [-0.05, 0) is 13.0 Å². The topological polar surface area (TPSA) is 93.5 Å². The molecule has 0 aliphatic rings. The maximum Gasteiger partial charge on any atom is 0.411 e. The number of hydrogen-bond donors (Lipinski definition) is 2. The highest BCUT2D eigenvalue weighted by atomic mass is 19.1. The van der Waals surface area contributed by atoms with Gasteiger partial charge in [-0.3, -0.25) is 15.4 Å². The lowest BCUT2D eigenvalue weighted by molar-refractivity contribution is -0.384. The monoisotopic (exact) mass is 283 g/mol. The van der Waals surface area contributed by atoms with Crippen molar-refractivity contribution in [1.29, 1.82) is 0 Å². The number of anilines is 2. The number of benzene rings is 1. The van der Waals surface area contributed by atoms with E-state index in [1.807, 2.05) is 0 Å². The molecule has 0 saturated carbocycles. The lowest BCUT2D eigenvalue weighted by atomic mass is 10.2. The molecule has 7 nitrogen and oxygen atoms in total. The van der Waals surface area contributed by atoms with Gasteiger partial charge in [-0.1, -0.05) is 6.08 Å². The highest BCUT2D eigenvalue weighted by Crippen LogP contribution is 2.30. The van der Waals surface area contributed by atoms with Crippen molar-refractivity contribution in [3.8, 4) is 0 Å². The fourth-order valence-electron chi connectivity index (χ4n) is 1.41. The maximum atomic E-state index is 13.7. The lowest BCUT2D eigenvalue weighted by Gasteiger charge is -2.10. The number of nitrogens with one attached hydrogen (secondary N) is 2. The SMILES string of the molecule is C=CCNc1cc(NC(=O)OCC)c(F)cc1[N+](=O)[O-]. The summed E-state index contributed by atoms with van der Waals surface area (Å²) in [6.45, 7) is 5.45. The molecule has 20 heavy (non-hydrogen) atoms. The summed E-state index contributed by atoms with van der Waals surface area (Å²) in [7, 11) is 0. The number of amides is 1. The van der Waals surface area contributed by atoms with Gasteiger partial charge in [0.15, 0.2) is 5.82 Å². The Kier molecular flexibility index (Phi) is 5.45. The van der Waals surface area contributed by atoms with Gasteiger partial charge in [0.05, 0.1) is 23.3 Å². The Bertz CT molecular complexity index is 534. The van der Waals surface area contributed by atoms with E-state index in [-0.39, 0.29) is 24.5 Å². The highest BCUT2D eigenvalue weighted by molar-refractivity contribution is 5.86. The summed E-state index contributed by atoms with van der Waals surface area (Å²) in [6.07, 6.45) is 0.654. The van der Waals surface area contributed by atoms with Crippen LogP contribution in [-0.2, 0) is 4.74 Å². The predicted molar refractivity (Wildman–Crippen MR) is 72.4 cm³/mol. The summed E-state index contributed by atoms with van der Waals surface area (Å²) < 4.78 is 18.3. The summed E-state index contributed by atoms with van der Waals surface area (Å²) in [5.74, 6) is -0.922. The van der Waals surface area contributed by atoms with Gasteiger partial charge in [0.2, 0.25) is 0 Å². The Labute approximate surface area is 114 Å². The van der Waals surface area contributed by atoms with Gasteiger partial charge >= 0.3 is 6.09 Å². The van der Waals surface area contributed by atoms with Crippen LogP contribution in [0, 0.1) is 15.9 Å². The molecule has 0 aliphatic carbocycles. The second-order valence-corrected chi connectivity index (χ2v) is 3.62. The van der Waals surface area contributed by atoms with Crippen molar-refractivity contribution in [2.75, 3.05) is 23.8 Å². The predicted octanol–water partition coefficient (Wildman–Crippen LogP) is 2.90. The molecule has 0 radical (unpaired) electrons. The molecule has 2 N–H and O–H groups in total. The number of rotatable bonds is 6. The first-order valence-electron chi connectivity index (χ1n) is 5.76. The minimum atomic E-state index is -0.922. The fraction of sp³-hybridized carbons (Fsp3) is 0.250. The Hall–Kier alpha value is -2.64. The Morgan fingerprint density at radius 3 is 2.80 bits per heavy atom. The molecule has 0 aromatic heterocycles. The van der Waals surface area contributed by atoms with Crippen LogP contribution in [0.2, 0.25) is 0 Å². The number of carbonyl (C=O) groups is 1. The minimum Gasteiger partial charge on any atom is -0.450 e. The summed E-state index contributed by atoms with van der Waals surface area (Å²) in [4.78, 5) is 21.4. The molecule has 0 saturated heterocycles. The zero-order valence-electron chi connectivity index (χ0n) is 10.8. The number of nitro groups is 1. The standard InChI is InChI=1S/C12H14FN3O4/c1-3-5-14-10-7-9(15-12(17)20-4-2)8(13)6-11(10)16(18)19/h3,6-7,14H,1,4-5H2,2H3,(H,15,17). The van der Waals surface area contributed by atoms with Crippen LogP contribution in [0.1, 0.15) is 6.92 Å². The molecule has 0 bridgehead atoms. The van der Waals surface area contributed by atoms with Gasteiger partial charge in [0, 0.05) is 6.54 Å². The lowest BCUT2D eigenvalue weighted by Crippen LogP contribution is -2.15. The molecule has 1 amide bonds. The van der Waals surface area contributed by atoms with Crippen LogP contribution in [0.3, 0.4) is 0 Å². The molecule has 0 atom stereocenters. The molecule has 0 unspecified atom stereocenters. The Morgan fingerprint density at radius 1 is 1.55 bits per heavy atom. The van der Waals surface area contributed by atoms with Gasteiger partial charge in [-0.25, -0.2) is 9.18 Å². The largest absolute Gasteiger partial charge is 0.450 e. The van der Waals surface area contributed by atoms with Crippen LogP contribution in [0.4, 0.5) is 26.2 Å².